The lowest BCUT2D eigenvalue weighted by Crippen LogP contribution is -2.21. The fourth-order valence-corrected chi connectivity index (χ4v) is 4.21. The SMILES string of the molecule is COc1ccc(CCN(C)Cc2cc(I)c3c(c2)CNC3=O)cc1OC. The molecule has 0 saturated carbocycles. The lowest BCUT2D eigenvalue weighted by molar-refractivity contribution is 0.0965. The van der Waals surface area contributed by atoms with Gasteiger partial charge in [-0.3, -0.25) is 4.79 Å². The van der Waals surface area contributed by atoms with Crippen molar-refractivity contribution in [1.82, 2.24) is 10.2 Å². The lowest BCUT2D eigenvalue weighted by atomic mass is 10.1. The van der Waals surface area contributed by atoms with Crippen molar-refractivity contribution in [2.75, 3.05) is 27.8 Å². The highest BCUT2D eigenvalue weighted by atomic mass is 127. The minimum Gasteiger partial charge on any atom is -0.493 e. The summed E-state index contributed by atoms with van der Waals surface area (Å²) in [5.41, 5.74) is 4.39. The van der Waals surface area contributed by atoms with E-state index in [0.717, 1.165) is 45.7 Å². The number of rotatable bonds is 7. The molecule has 0 bridgehead atoms. The number of methoxy groups -OCH3 is 2. The van der Waals surface area contributed by atoms with Gasteiger partial charge in [-0.1, -0.05) is 12.1 Å². The summed E-state index contributed by atoms with van der Waals surface area (Å²) >= 11 is 2.25. The Morgan fingerprint density at radius 1 is 1.12 bits per heavy atom. The summed E-state index contributed by atoms with van der Waals surface area (Å²) in [7, 11) is 5.42. The summed E-state index contributed by atoms with van der Waals surface area (Å²) in [5, 5.41) is 2.89. The van der Waals surface area contributed by atoms with Gasteiger partial charge in [-0.25, -0.2) is 0 Å². The van der Waals surface area contributed by atoms with Crippen molar-refractivity contribution in [3.8, 4) is 11.5 Å². The number of carbonyl (C=O) groups is 1. The number of hydrogen-bond donors (Lipinski definition) is 1. The largest absolute Gasteiger partial charge is 0.493 e. The van der Waals surface area contributed by atoms with Crippen LogP contribution >= 0.6 is 22.6 Å². The molecule has 3 rings (SSSR count). The number of ether oxygens (including phenoxy) is 2. The second kappa shape index (κ2) is 8.26. The lowest BCUT2D eigenvalue weighted by Gasteiger charge is -2.18. The summed E-state index contributed by atoms with van der Waals surface area (Å²) in [5.74, 6) is 1.55. The van der Waals surface area contributed by atoms with Crippen LogP contribution in [0.2, 0.25) is 0 Å². The average molecular weight is 466 g/mol. The summed E-state index contributed by atoms with van der Waals surface area (Å²) in [6, 6.07) is 10.3. The van der Waals surface area contributed by atoms with Crippen LogP contribution in [0.4, 0.5) is 0 Å². The van der Waals surface area contributed by atoms with E-state index in [4.69, 9.17) is 9.47 Å². The molecule has 2 aromatic rings. The van der Waals surface area contributed by atoms with Crippen LogP contribution in [0.5, 0.6) is 11.5 Å². The van der Waals surface area contributed by atoms with Gasteiger partial charge in [0, 0.05) is 23.2 Å². The van der Waals surface area contributed by atoms with Gasteiger partial charge in [-0.05, 0) is 70.9 Å². The molecule has 1 aliphatic heterocycles. The molecule has 0 fully saturated rings. The van der Waals surface area contributed by atoms with E-state index in [1.807, 2.05) is 12.1 Å². The van der Waals surface area contributed by atoms with E-state index in [2.05, 4.69) is 58.1 Å². The van der Waals surface area contributed by atoms with Crippen LogP contribution in [0.15, 0.2) is 30.3 Å². The maximum Gasteiger partial charge on any atom is 0.252 e. The molecule has 1 heterocycles. The predicted molar refractivity (Wildman–Crippen MR) is 110 cm³/mol. The molecule has 0 aliphatic carbocycles. The van der Waals surface area contributed by atoms with Crippen LogP contribution < -0.4 is 14.8 Å². The number of halogens is 1. The Labute approximate surface area is 167 Å². The second-order valence-electron chi connectivity index (χ2n) is 6.47. The zero-order chi connectivity index (χ0) is 18.7. The Balaban J connectivity index is 1.62. The maximum atomic E-state index is 11.8. The number of nitrogens with zero attached hydrogens (tertiary/aromatic N) is 1. The van der Waals surface area contributed by atoms with Crippen LogP contribution in [-0.2, 0) is 19.5 Å². The Bertz CT molecular complexity index is 823. The highest BCUT2D eigenvalue weighted by Gasteiger charge is 2.22. The van der Waals surface area contributed by atoms with Gasteiger partial charge in [0.1, 0.15) is 0 Å². The van der Waals surface area contributed by atoms with Gasteiger partial charge in [-0.15, -0.1) is 0 Å². The minimum absolute atomic E-state index is 0.0396. The Morgan fingerprint density at radius 2 is 1.88 bits per heavy atom. The predicted octanol–water partition coefficient (Wildman–Crippen LogP) is 3.23. The van der Waals surface area contributed by atoms with Gasteiger partial charge in [0.25, 0.3) is 5.91 Å². The standard InChI is InChI=1S/C20H23IN2O3/c1-23(7-6-13-4-5-17(25-2)18(10-13)26-3)12-14-8-15-11-22-20(24)19(15)16(21)9-14/h4-5,8-10H,6-7,11-12H2,1-3H3,(H,22,24). The molecule has 0 unspecified atom stereocenters. The number of amides is 1. The van der Waals surface area contributed by atoms with Crippen LogP contribution in [0.1, 0.15) is 27.0 Å². The van der Waals surface area contributed by atoms with E-state index < -0.39 is 0 Å². The van der Waals surface area contributed by atoms with Crippen molar-refractivity contribution in [2.45, 2.75) is 19.5 Å². The van der Waals surface area contributed by atoms with E-state index in [1.54, 1.807) is 14.2 Å². The molecule has 0 atom stereocenters. The Morgan fingerprint density at radius 3 is 2.62 bits per heavy atom. The molecule has 1 aliphatic rings. The highest BCUT2D eigenvalue weighted by Crippen LogP contribution is 2.28. The summed E-state index contributed by atoms with van der Waals surface area (Å²) in [6.45, 7) is 2.42. The molecule has 1 amide bonds. The fraction of sp³-hybridized carbons (Fsp3) is 0.350. The van der Waals surface area contributed by atoms with E-state index in [0.29, 0.717) is 6.54 Å². The number of likely N-dealkylation sites (N-methyl/N-ethyl adjacent to an activating group) is 1. The topological polar surface area (TPSA) is 50.8 Å². The Kier molecular flexibility index (Phi) is 6.03. The first kappa shape index (κ1) is 19.0. The van der Waals surface area contributed by atoms with Crippen LogP contribution in [0.3, 0.4) is 0 Å². The van der Waals surface area contributed by atoms with Gasteiger partial charge in [0.15, 0.2) is 11.5 Å². The molecule has 0 saturated heterocycles. The number of benzene rings is 2. The molecule has 6 heteroatoms. The number of hydrogen-bond acceptors (Lipinski definition) is 4. The summed E-state index contributed by atoms with van der Waals surface area (Å²) in [6.07, 6.45) is 0.929. The van der Waals surface area contributed by atoms with Gasteiger partial charge in [-0.2, -0.15) is 0 Å². The summed E-state index contributed by atoms with van der Waals surface area (Å²) < 4.78 is 11.7. The molecular formula is C20H23IN2O3. The molecule has 1 N–H and O–H groups in total. The third-order valence-corrected chi connectivity index (χ3v) is 5.43. The third-order valence-electron chi connectivity index (χ3n) is 4.58. The normalized spacial score (nSPS) is 12.9. The zero-order valence-electron chi connectivity index (χ0n) is 15.3. The smallest absolute Gasteiger partial charge is 0.252 e. The molecule has 0 aromatic heterocycles. The molecule has 0 spiro atoms. The number of fused-ring (bicyclic) bond motifs is 1. The van der Waals surface area contributed by atoms with Crippen molar-refractivity contribution < 1.29 is 14.3 Å². The molecule has 5 nitrogen and oxygen atoms in total. The second-order valence-corrected chi connectivity index (χ2v) is 7.63. The quantitative estimate of drug-likeness (QED) is 0.637. The molecule has 2 aromatic carbocycles. The highest BCUT2D eigenvalue weighted by molar-refractivity contribution is 14.1. The average Bonchev–Trinajstić information content (AvgIpc) is 3.01. The first-order chi connectivity index (χ1) is 12.5. The van der Waals surface area contributed by atoms with Crippen LogP contribution in [-0.4, -0.2) is 38.6 Å². The van der Waals surface area contributed by atoms with Crippen molar-refractivity contribution in [1.29, 1.82) is 0 Å². The van der Waals surface area contributed by atoms with Gasteiger partial charge < -0.3 is 19.7 Å². The van der Waals surface area contributed by atoms with Crippen molar-refractivity contribution >= 4 is 28.5 Å². The van der Waals surface area contributed by atoms with E-state index in [1.165, 1.54) is 11.1 Å². The monoisotopic (exact) mass is 466 g/mol. The first-order valence-corrected chi connectivity index (χ1v) is 9.58. The number of nitrogens with one attached hydrogen (secondary N) is 1. The minimum atomic E-state index is 0.0396. The van der Waals surface area contributed by atoms with Crippen molar-refractivity contribution in [3.05, 3.63) is 56.2 Å². The third kappa shape index (κ3) is 4.12. The van der Waals surface area contributed by atoms with E-state index in [-0.39, 0.29) is 5.91 Å². The molecular weight excluding hydrogens is 443 g/mol. The first-order valence-electron chi connectivity index (χ1n) is 8.50. The Hall–Kier alpha value is -1.80. The van der Waals surface area contributed by atoms with Crippen molar-refractivity contribution in [3.63, 3.8) is 0 Å². The molecule has 26 heavy (non-hydrogen) atoms. The van der Waals surface area contributed by atoms with Gasteiger partial charge in [0.2, 0.25) is 0 Å². The molecule has 0 radical (unpaired) electrons. The van der Waals surface area contributed by atoms with E-state index in [9.17, 15) is 4.79 Å². The maximum absolute atomic E-state index is 11.8. The molecule has 138 valence electrons. The van der Waals surface area contributed by atoms with Crippen LogP contribution in [0.25, 0.3) is 0 Å². The zero-order valence-corrected chi connectivity index (χ0v) is 17.4. The van der Waals surface area contributed by atoms with Gasteiger partial charge in [0.05, 0.1) is 19.8 Å². The summed E-state index contributed by atoms with van der Waals surface area (Å²) in [4.78, 5) is 14.1. The van der Waals surface area contributed by atoms with E-state index >= 15 is 0 Å². The van der Waals surface area contributed by atoms with Crippen LogP contribution in [0, 0.1) is 3.57 Å². The number of carbonyl (C=O) groups excluding carboxylic acids is 1. The van der Waals surface area contributed by atoms with Gasteiger partial charge >= 0.3 is 0 Å². The fourth-order valence-electron chi connectivity index (χ4n) is 3.22. The van der Waals surface area contributed by atoms with Crippen molar-refractivity contribution in [2.24, 2.45) is 0 Å².